The van der Waals surface area contributed by atoms with Crippen molar-refractivity contribution in [2.75, 3.05) is 13.3 Å². The van der Waals surface area contributed by atoms with Gasteiger partial charge in [0.15, 0.2) is 16.6 Å². The van der Waals surface area contributed by atoms with Crippen LogP contribution < -0.4 is 14.8 Å². The first-order chi connectivity index (χ1) is 10.6. The number of carbonyl (C=O) groups excluding carboxylic acids is 2. The predicted molar refractivity (Wildman–Crippen MR) is 83.2 cm³/mol. The van der Waals surface area contributed by atoms with Crippen molar-refractivity contribution in [3.05, 3.63) is 42.0 Å². The van der Waals surface area contributed by atoms with Crippen LogP contribution in [-0.4, -0.2) is 35.2 Å². The molecule has 1 aromatic rings. The van der Waals surface area contributed by atoms with Gasteiger partial charge in [0.25, 0.3) is 11.8 Å². The molecule has 6 nitrogen and oxygen atoms in total. The van der Waals surface area contributed by atoms with Gasteiger partial charge >= 0.3 is 0 Å². The van der Waals surface area contributed by atoms with E-state index < -0.39 is 11.8 Å². The van der Waals surface area contributed by atoms with Crippen LogP contribution in [0.2, 0.25) is 0 Å². The predicted octanol–water partition coefficient (Wildman–Crippen LogP) is 1.23. The van der Waals surface area contributed by atoms with E-state index in [1.54, 1.807) is 24.3 Å². The van der Waals surface area contributed by atoms with E-state index in [-0.39, 0.29) is 24.0 Å². The van der Waals surface area contributed by atoms with E-state index in [1.807, 2.05) is 0 Å². The first kappa shape index (κ1) is 14.3. The molecule has 2 aliphatic heterocycles. The molecule has 1 saturated heterocycles. The molecule has 3 rings (SSSR count). The molecular formula is C15H12N2O4S. The van der Waals surface area contributed by atoms with Crippen LogP contribution in [-0.2, 0) is 9.59 Å². The lowest BCUT2D eigenvalue weighted by molar-refractivity contribution is -0.128. The van der Waals surface area contributed by atoms with Crippen LogP contribution >= 0.6 is 12.2 Å². The lowest BCUT2D eigenvalue weighted by Gasteiger charge is -2.27. The topological polar surface area (TPSA) is 67.9 Å². The monoisotopic (exact) mass is 316 g/mol. The third-order valence-electron chi connectivity index (χ3n) is 3.21. The number of thiocarbonyl (C=S) groups is 1. The SMILES string of the molecule is C=CCN1C(=O)C(=Cc2ccc3c(c2)OCO3)C(=O)NC1=S. The molecule has 0 aliphatic carbocycles. The minimum absolute atomic E-state index is 0.00863. The van der Waals surface area contributed by atoms with E-state index in [0.29, 0.717) is 17.1 Å². The highest BCUT2D eigenvalue weighted by Gasteiger charge is 2.32. The lowest BCUT2D eigenvalue weighted by atomic mass is 10.1. The van der Waals surface area contributed by atoms with Crippen LogP contribution in [0.1, 0.15) is 5.56 Å². The van der Waals surface area contributed by atoms with Crippen LogP contribution in [0.15, 0.2) is 36.4 Å². The molecule has 0 atom stereocenters. The summed E-state index contributed by atoms with van der Waals surface area (Å²) in [6, 6.07) is 5.18. The van der Waals surface area contributed by atoms with Gasteiger partial charge in [-0.2, -0.15) is 0 Å². The molecule has 1 fully saturated rings. The van der Waals surface area contributed by atoms with Crippen molar-refractivity contribution < 1.29 is 19.1 Å². The number of nitrogens with zero attached hydrogens (tertiary/aromatic N) is 1. The lowest BCUT2D eigenvalue weighted by Crippen LogP contribution is -2.53. The van der Waals surface area contributed by atoms with Crippen molar-refractivity contribution in [2.45, 2.75) is 0 Å². The summed E-state index contributed by atoms with van der Waals surface area (Å²) in [5.74, 6) is 0.242. The largest absolute Gasteiger partial charge is 0.454 e. The molecule has 22 heavy (non-hydrogen) atoms. The zero-order valence-corrected chi connectivity index (χ0v) is 12.3. The Morgan fingerprint density at radius 1 is 1.32 bits per heavy atom. The van der Waals surface area contributed by atoms with Crippen molar-refractivity contribution in [2.24, 2.45) is 0 Å². The molecule has 1 N–H and O–H groups in total. The number of rotatable bonds is 3. The smallest absolute Gasteiger partial charge is 0.265 e. The van der Waals surface area contributed by atoms with E-state index in [9.17, 15) is 9.59 Å². The highest BCUT2D eigenvalue weighted by atomic mass is 32.1. The van der Waals surface area contributed by atoms with Crippen molar-refractivity contribution in [3.63, 3.8) is 0 Å². The van der Waals surface area contributed by atoms with Gasteiger partial charge in [0.1, 0.15) is 5.57 Å². The molecule has 0 unspecified atom stereocenters. The van der Waals surface area contributed by atoms with E-state index in [0.717, 1.165) is 0 Å². The molecule has 2 aliphatic rings. The van der Waals surface area contributed by atoms with E-state index in [4.69, 9.17) is 21.7 Å². The summed E-state index contributed by atoms with van der Waals surface area (Å²) >= 11 is 4.99. The maximum Gasteiger partial charge on any atom is 0.265 e. The number of benzene rings is 1. The van der Waals surface area contributed by atoms with Gasteiger partial charge in [-0.1, -0.05) is 12.1 Å². The Labute approximate surface area is 132 Å². The Bertz CT molecular complexity index is 726. The molecule has 7 heteroatoms. The van der Waals surface area contributed by atoms with Gasteiger partial charge in [0.2, 0.25) is 6.79 Å². The zero-order valence-electron chi connectivity index (χ0n) is 11.5. The quantitative estimate of drug-likeness (QED) is 0.393. The van der Waals surface area contributed by atoms with Crippen LogP contribution in [0, 0.1) is 0 Å². The number of carbonyl (C=O) groups is 2. The van der Waals surface area contributed by atoms with Crippen LogP contribution in [0.25, 0.3) is 6.08 Å². The molecular weight excluding hydrogens is 304 g/mol. The molecule has 0 bridgehead atoms. The average Bonchev–Trinajstić information content (AvgIpc) is 2.95. The average molecular weight is 316 g/mol. The Kier molecular flexibility index (Phi) is 3.64. The van der Waals surface area contributed by atoms with Gasteiger partial charge in [0.05, 0.1) is 0 Å². The van der Waals surface area contributed by atoms with Gasteiger partial charge in [-0.3, -0.25) is 19.8 Å². The fraction of sp³-hybridized carbons (Fsp3) is 0.133. The van der Waals surface area contributed by atoms with Gasteiger partial charge in [-0.15, -0.1) is 6.58 Å². The van der Waals surface area contributed by atoms with Gasteiger partial charge < -0.3 is 9.47 Å². The summed E-state index contributed by atoms with van der Waals surface area (Å²) in [4.78, 5) is 25.7. The maximum absolute atomic E-state index is 12.4. The van der Waals surface area contributed by atoms with Crippen molar-refractivity contribution in [1.29, 1.82) is 0 Å². The summed E-state index contributed by atoms with van der Waals surface area (Å²) in [7, 11) is 0. The van der Waals surface area contributed by atoms with Crippen LogP contribution in [0.3, 0.4) is 0 Å². The molecule has 2 amide bonds. The molecule has 0 spiro atoms. The number of fused-ring (bicyclic) bond motifs is 1. The fourth-order valence-electron chi connectivity index (χ4n) is 2.16. The summed E-state index contributed by atoms with van der Waals surface area (Å²) in [6.45, 7) is 3.97. The van der Waals surface area contributed by atoms with E-state index in [2.05, 4.69) is 11.9 Å². The summed E-state index contributed by atoms with van der Waals surface area (Å²) < 4.78 is 10.5. The molecule has 1 aromatic carbocycles. The minimum Gasteiger partial charge on any atom is -0.454 e. The Balaban J connectivity index is 1.94. The molecule has 0 saturated carbocycles. The van der Waals surface area contributed by atoms with Crippen LogP contribution in [0.4, 0.5) is 0 Å². The number of ether oxygens (including phenoxy) is 2. The molecule has 0 radical (unpaired) electrons. The van der Waals surface area contributed by atoms with Crippen molar-refractivity contribution in [1.82, 2.24) is 10.2 Å². The first-order valence-corrected chi connectivity index (χ1v) is 6.90. The zero-order chi connectivity index (χ0) is 15.7. The standard InChI is InChI=1S/C15H12N2O4S/c1-2-5-17-14(19)10(13(18)16-15(17)22)6-9-3-4-11-12(7-9)21-8-20-11/h2-4,6-7H,1,5,8H2,(H,16,18,22). The highest BCUT2D eigenvalue weighted by molar-refractivity contribution is 7.80. The van der Waals surface area contributed by atoms with Crippen LogP contribution in [0.5, 0.6) is 11.5 Å². The van der Waals surface area contributed by atoms with E-state index >= 15 is 0 Å². The second kappa shape index (κ2) is 5.61. The normalized spacial score (nSPS) is 18.6. The number of hydrogen-bond acceptors (Lipinski definition) is 5. The Morgan fingerprint density at radius 2 is 2.09 bits per heavy atom. The minimum atomic E-state index is -0.520. The molecule has 2 heterocycles. The number of hydrogen-bond donors (Lipinski definition) is 1. The van der Waals surface area contributed by atoms with Gasteiger partial charge in [-0.05, 0) is 36.0 Å². The van der Waals surface area contributed by atoms with Crippen molar-refractivity contribution in [3.8, 4) is 11.5 Å². The fourth-order valence-corrected chi connectivity index (χ4v) is 2.41. The first-order valence-electron chi connectivity index (χ1n) is 6.49. The van der Waals surface area contributed by atoms with Gasteiger partial charge in [-0.25, -0.2) is 0 Å². The third-order valence-corrected chi connectivity index (χ3v) is 3.53. The molecule has 112 valence electrons. The second-order valence-electron chi connectivity index (χ2n) is 4.63. The van der Waals surface area contributed by atoms with Crippen molar-refractivity contribution >= 4 is 35.2 Å². The number of amides is 2. The summed E-state index contributed by atoms with van der Waals surface area (Å²) in [6.07, 6.45) is 3.04. The molecule has 0 aromatic heterocycles. The van der Waals surface area contributed by atoms with Gasteiger partial charge in [0, 0.05) is 6.54 Å². The Hall–Kier alpha value is -2.67. The summed E-state index contributed by atoms with van der Waals surface area (Å²) in [5, 5.41) is 2.57. The third kappa shape index (κ3) is 2.46. The number of nitrogens with one attached hydrogen (secondary N) is 1. The van der Waals surface area contributed by atoms with E-state index in [1.165, 1.54) is 11.0 Å². The Morgan fingerprint density at radius 3 is 2.86 bits per heavy atom. The highest BCUT2D eigenvalue weighted by Crippen LogP contribution is 2.33. The summed E-state index contributed by atoms with van der Waals surface area (Å²) in [5.41, 5.74) is 0.670. The second-order valence-corrected chi connectivity index (χ2v) is 5.02. The maximum atomic E-state index is 12.4.